The van der Waals surface area contributed by atoms with Gasteiger partial charge in [-0.25, -0.2) is 9.78 Å². The summed E-state index contributed by atoms with van der Waals surface area (Å²) in [4.78, 5) is 20.8. The summed E-state index contributed by atoms with van der Waals surface area (Å²) in [6.07, 6.45) is 0.822. The van der Waals surface area contributed by atoms with Crippen LogP contribution in [-0.4, -0.2) is 36.3 Å². The third-order valence-corrected chi connectivity index (χ3v) is 4.26. The van der Waals surface area contributed by atoms with Gasteiger partial charge < -0.3 is 14.2 Å². The molecule has 0 spiro atoms. The second-order valence-electron chi connectivity index (χ2n) is 6.33. The predicted octanol–water partition coefficient (Wildman–Crippen LogP) is 4.03. The maximum atomic E-state index is 12.0. The van der Waals surface area contributed by atoms with Gasteiger partial charge in [-0.1, -0.05) is 42.5 Å². The third-order valence-electron chi connectivity index (χ3n) is 4.26. The number of hydrogen-bond donors (Lipinski definition) is 0. The Morgan fingerprint density at radius 1 is 0.964 bits per heavy atom. The highest BCUT2D eigenvalue weighted by Gasteiger charge is 2.21. The Morgan fingerprint density at radius 2 is 1.68 bits per heavy atom. The van der Waals surface area contributed by atoms with Gasteiger partial charge in [-0.2, -0.15) is 4.98 Å². The van der Waals surface area contributed by atoms with E-state index in [4.69, 9.17) is 14.2 Å². The van der Waals surface area contributed by atoms with E-state index in [1.807, 2.05) is 61.5 Å². The topological polar surface area (TPSA) is 70.5 Å². The van der Waals surface area contributed by atoms with Crippen LogP contribution in [0.4, 0.5) is 0 Å². The van der Waals surface area contributed by atoms with Gasteiger partial charge in [0.15, 0.2) is 6.10 Å². The van der Waals surface area contributed by atoms with E-state index in [9.17, 15) is 4.79 Å². The van der Waals surface area contributed by atoms with Crippen molar-refractivity contribution in [2.75, 3.05) is 20.3 Å². The lowest BCUT2D eigenvalue weighted by Crippen LogP contribution is -2.18. The van der Waals surface area contributed by atoms with Gasteiger partial charge in [-0.3, -0.25) is 0 Å². The monoisotopic (exact) mass is 380 g/mol. The molecule has 0 N–H and O–H groups in total. The number of aryl methyl sites for hydroxylation is 1. The summed E-state index contributed by atoms with van der Waals surface area (Å²) < 4.78 is 16.5. The molecule has 0 aliphatic carbocycles. The first-order valence-electron chi connectivity index (χ1n) is 9.29. The molecule has 1 unspecified atom stereocenters. The molecule has 1 atom stereocenters. The maximum Gasteiger partial charge on any atom is 0.339 e. The molecule has 146 valence electrons. The second kappa shape index (κ2) is 9.80. The minimum absolute atomic E-state index is 0.398. The van der Waals surface area contributed by atoms with Gasteiger partial charge in [0.25, 0.3) is 0 Å². The molecule has 2 aromatic carbocycles. The first kappa shape index (κ1) is 19.8. The average Bonchev–Trinajstić information content (AvgIpc) is 2.73. The van der Waals surface area contributed by atoms with Crippen LogP contribution in [0.25, 0.3) is 10.9 Å². The van der Waals surface area contributed by atoms with Crippen molar-refractivity contribution in [3.8, 4) is 5.88 Å². The van der Waals surface area contributed by atoms with E-state index in [1.165, 1.54) is 7.11 Å². The Hall–Kier alpha value is -2.99. The van der Waals surface area contributed by atoms with Crippen molar-refractivity contribution in [3.63, 3.8) is 0 Å². The van der Waals surface area contributed by atoms with Gasteiger partial charge in [0.2, 0.25) is 5.88 Å². The van der Waals surface area contributed by atoms with Crippen molar-refractivity contribution < 1.29 is 19.0 Å². The fraction of sp³-hybridized carbons (Fsp3) is 0.318. The molecular formula is C22H24N2O4. The molecule has 6 nitrogen and oxygen atoms in total. The number of para-hydroxylation sites is 1. The highest BCUT2D eigenvalue weighted by Crippen LogP contribution is 2.22. The number of unbranched alkanes of at least 4 members (excludes halogenated alkanes) is 1. The van der Waals surface area contributed by atoms with Crippen LogP contribution in [0.1, 0.15) is 30.3 Å². The van der Waals surface area contributed by atoms with Crippen molar-refractivity contribution >= 4 is 16.9 Å². The van der Waals surface area contributed by atoms with Crippen LogP contribution in [-0.2, 0) is 14.3 Å². The van der Waals surface area contributed by atoms with E-state index in [0.29, 0.717) is 24.9 Å². The lowest BCUT2D eigenvalue weighted by molar-refractivity contribution is -0.154. The number of benzene rings is 2. The van der Waals surface area contributed by atoms with Gasteiger partial charge in [-0.15, -0.1) is 0 Å². The number of nitrogens with zero attached hydrogens (tertiary/aromatic N) is 2. The number of methoxy groups -OCH3 is 1. The number of fused-ring (bicyclic) bond motifs is 1. The number of carbonyl (C=O) groups excluding carboxylic acids is 1. The lowest BCUT2D eigenvalue weighted by atomic mass is 10.1. The SMILES string of the molecule is COC(=O)C(OCCCCOc1nc(C)nc2ccccc12)c1ccccc1. The van der Waals surface area contributed by atoms with Crippen molar-refractivity contribution in [2.45, 2.75) is 25.9 Å². The van der Waals surface area contributed by atoms with E-state index in [0.717, 1.165) is 29.3 Å². The number of esters is 1. The van der Waals surface area contributed by atoms with Crippen LogP contribution >= 0.6 is 0 Å². The molecule has 0 saturated heterocycles. The van der Waals surface area contributed by atoms with E-state index in [-0.39, 0.29) is 0 Å². The summed E-state index contributed by atoms with van der Waals surface area (Å²) in [7, 11) is 1.36. The maximum absolute atomic E-state index is 12.0. The van der Waals surface area contributed by atoms with E-state index >= 15 is 0 Å². The molecule has 3 rings (SSSR count). The first-order chi connectivity index (χ1) is 13.7. The van der Waals surface area contributed by atoms with Gasteiger partial charge >= 0.3 is 5.97 Å². The summed E-state index contributed by atoms with van der Waals surface area (Å²) in [6.45, 7) is 2.79. The fourth-order valence-electron chi connectivity index (χ4n) is 2.88. The van der Waals surface area contributed by atoms with E-state index < -0.39 is 12.1 Å². The van der Waals surface area contributed by atoms with Crippen molar-refractivity contribution in [3.05, 3.63) is 66.0 Å². The first-order valence-corrected chi connectivity index (χ1v) is 9.29. The van der Waals surface area contributed by atoms with Crippen molar-refractivity contribution in [1.29, 1.82) is 0 Å². The van der Waals surface area contributed by atoms with Gasteiger partial charge in [0.05, 0.1) is 24.6 Å². The van der Waals surface area contributed by atoms with Crippen molar-refractivity contribution in [1.82, 2.24) is 9.97 Å². The van der Waals surface area contributed by atoms with Gasteiger partial charge in [0.1, 0.15) is 5.82 Å². The minimum Gasteiger partial charge on any atom is -0.477 e. The molecule has 0 aliphatic rings. The Kier molecular flexibility index (Phi) is 6.92. The van der Waals surface area contributed by atoms with Crippen LogP contribution in [0.3, 0.4) is 0 Å². The van der Waals surface area contributed by atoms with Gasteiger partial charge in [0, 0.05) is 6.61 Å². The number of carbonyl (C=O) groups is 1. The third kappa shape index (κ3) is 5.04. The number of ether oxygens (including phenoxy) is 3. The zero-order chi connectivity index (χ0) is 19.8. The highest BCUT2D eigenvalue weighted by atomic mass is 16.6. The lowest BCUT2D eigenvalue weighted by Gasteiger charge is -2.16. The zero-order valence-corrected chi connectivity index (χ0v) is 16.1. The smallest absolute Gasteiger partial charge is 0.339 e. The molecule has 0 aliphatic heterocycles. The molecule has 0 saturated carbocycles. The summed E-state index contributed by atoms with van der Waals surface area (Å²) in [5.41, 5.74) is 1.66. The van der Waals surface area contributed by atoms with E-state index in [2.05, 4.69) is 9.97 Å². The van der Waals surface area contributed by atoms with Crippen LogP contribution < -0.4 is 4.74 Å². The second-order valence-corrected chi connectivity index (χ2v) is 6.33. The van der Waals surface area contributed by atoms with Crippen LogP contribution in [0, 0.1) is 6.92 Å². The molecule has 0 fully saturated rings. The summed E-state index contributed by atoms with van der Waals surface area (Å²) in [5, 5.41) is 0.902. The minimum atomic E-state index is -0.708. The molecule has 0 bridgehead atoms. The number of aromatic nitrogens is 2. The molecule has 1 aromatic heterocycles. The summed E-state index contributed by atoms with van der Waals surface area (Å²) in [6, 6.07) is 17.1. The normalized spacial score (nSPS) is 11.9. The van der Waals surface area contributed by atoms with Crippen molar-refractivity contribution in [2.24, 2.45) is 0 Å². The van der Waals surface area contributed by atoms with Gasteiger partial charge in [-0.05, 0) is 37.5 Å². The zero-order valence-electron chi connectivity index (χ0n) is 16.1. The van der Waals surface area contributed by atoms with Crippen LogP contribution in [0.15, 0.2) is 54.6 Å². The largest absolute Gasteiger partial charge is 0.477 e. The molecule has 28 heavy (non-hydrogen) atoms. The predicted molar refractivity (Wildman–Crippen MR) is 106 cm³/mol. The number of hydrogen-bond acceptors (Lipinski definition) is 6. The molecule has 0 amide bonds. The summed E-state index contributed by atoms with van der Waals surface area (Å²) >= 11 is 0. The Bertz CT molecular complexity index is 915. The number of rotatable bonds is 9. The highest BCUT2D eigenvalue weighted by molar-refractivity contribution is 5.83. The molecule has 6 heteroatoms. The molecular weight excluding hydrogens is 356 g/mol. The standard InChI is InChI=1S/C22H24N2O4/c1-16-23-19-13-7-6-12-18(19)21(24-16)28-15-9-8-14-27-20(22(25)26-2)17-10-4-3-5-11-17/h3-7,10-13,20H,8-9,14-15H2,1-2H3. The van der Waals surface area contributed by atoms with Crippen LogP contribution in [0.5, 0.6) is 5.88 Å². The quantitative estimate of drug-likeness (QED) is 0.412. The molecule has 0 radical (unpaired) electrons. The summed E-state index contributed by atoms with van der Waals surface area (Å²) in [5.74, 6) is 0.881. The Labute approximate surface area is 164 Å². The fourth-order valence-corrected chi connectivity index (χ4v) is 2.88. The molecule has 1 heterocycles. The Balaban J connectivity index is 1.49. The average molecular weight is 380 g/mol. The van der Waals surface area contributed by atoms with E-state index in [1.54, 1.807) is 0 Å². The van der Waals surface area contributed by atoms with Crippen LogP contribution in [0.2, 0.25) is 0 Å². The molecule has 3 aromatic rings. The Morgan fingerprint density at radius 3 is 2.46 bits per heavy atom.